The quantitative estimate of drug-likeness (QED) is 0.868. The van der Waals surface area contributed by atoms with Crippen LogP contribution in [-0.4, -0.2) is 29.5 Å². The molecule has 0 saturated carbocycles. The van der Waals surface area contributed by atoms with E-state index in [9.17, 15) is 13.2 Å². The van der Waals surface area contributed by atoms with Crippen LogP contribution in [0.1, 0.15) is 9.67 Å². The number of aromatic carboxylic acids is 1. The Morgan fingerprint density at radius 2 is 2.00 bits per heavy atom. The van der Waals surface area contributed by atoms with E-state index in [4.69, 9.17) is 5.11 Å². The Labute approximate surface area is 106 Å². The Morgan fingerprint density at radius 3 is 2.61 bits per heavy atom. The first-order valence-corrected chi connectivity index (χ1v) is 6.95. The van der Waals surface area contributed by atoms with Gasteiger partial charge in [0.2, 0.25) is 0 Å². The monoisotopic (exact) mass is 285 g/mol. The Bertz CT molecular complexity index is 666. The number of nitrogens with zero attached hydrogens (tertiary/aromatic N) is 2. The average Bonchev–Trinajstić information content (AvgIpc) is 2.79. The molecule has 9 heteroatoms. The number of nitrogens with one attached hydrogen (secondary N) is 1. The first-order chi connectivity index (χ1) is 8.50. The van der Waals surface area contributed by atoms with Crippen LogP contribution in [0.3, 0.4) is 0 Å². The van der Waals surface area contributed by atoms with Crippen LogP contribution in [0.2, 0.25) is 0 Å². The molecule has 0 bridgehead atoms. The molecule has 0 aromatic carbocycles. The molecule has 18 heavy (non-hydrogen) atoms. The summed E-state index contributed by atoms with van der Waals surface area (Å²) < 4.78 is 26.1. The van der Waals surface area contributed by atoms with Crippen LogP contribution in [0.15, 0.2) is 35.1 Å². The fraction of sp³-hybridized carbons (Fsp3) is 0. The zero-order valence-electron chi connectivity index (χ0n) is 8.77. The van der Waals surface area contributed by atoms with Crippen molar-refractivity contribution in [2.45, 2.75) is 4.90 Å². The van der Waals surface area contributed by atoms with Gasteiger partial charge in [-0.1, -0.05) is 0 Å². The predicted molar refractivity (Wildman–Crippen MR) is 64.1 cm³/mol. The second-order valence-electron chi connectivity index (χ2n) is 3.15. The maximum Gasteiger partial charge on any atom is 0.347 e. The molecule has 0 amide bonds. The third kappa shape index (κ3) is 2.46. The lowest BCUT2D eigenvalue weighted by Gasteiger charge is -2.06. The Hall–Kier alpha value is -2.00. The molecule has 0 unspecified atom stereocenters. The van der Waals surface area contributed by atoms with E-state index in [0.717, 1.165) is 11.3 Å². The number of aromatic nitrogens is 2. The number of anilines is 1. The second-order valence-corrected chi connectivity index (χ2v) is 5.72. The number of sulfonamides is 1. The molecule has 2 aromatic heterocycles. The average molecular weight is 285 g/mol. The van der Waals surface area contributed by atoms with Crippen molar-refractivity contribution in [3.8, 4) is 0 Å². The number of carboxylic acids is 1. The van der Waals surface area contributed by atoms with E-state index in [0.29, 0.717) is 0 Å². The minimum Gasteiger partial charge on any atom is -0.477 e. The minimum atomic E-state index is -3.95. The molecule has 0 aliphatic heterocycles. The molecule has 2 aromatic rings. The van der Waals surface area contributed by atoms with Crippen LogP contribution in [0.5, 0.6) is 0 Å². The van der Waals surface area contributed by atoms with Gasteiger partial charge < -0.3 is 5.11 Å². The summed E-state index contributed by atoms with van der Waals surface area (Å²) in [5.74, 6) is -1.28. The van der Waals surface area contributed by atoms with Gasteiger partial charge in [-0.2, -0.15) is 0 Å². The number of carboxylic acid groups (broad SMARTS) is 1. The highest BCUT2D eigenvalue weighted by atomic mass is 32.2. The van der Waals surface area contributed by atoms with Gasteiger partial charge in [-0.05, 0) is 11.4 Å². The van der Waals surface area contributed by atoms with E-state index in [1.54, 1.807) is 0 Å². The number of hydrogen-bond acceptors (Lipinski definition) is 6. The fourth-order valence-corrected chi connectivity index (χ4v) is 3.52. The molecule has 2 heterocycles. The Morgan fingerprint density at radius 1 is 1.33 bits per heavy atom. The van der Waals surface area contributed by atoms with Gasteiger partial charge >= 0.3 is 5.97 Å². The van der Waals surface area contributed by atoms with Crippen molar-refractivity contribution in [1.82, 2.24) is 9.97 Å². The molecular formula is C9H7N3O4S2. The van der Waals surface area contributed by atoms with Crippen LogP contribution >= 0.6 is 11.3 Å². The van der Waals surface area contributed by atoms with Crippen molar-refractivity contribution < 1.29 is 18.3 Å². The highest BCUT2D eigenvalue weighted by Gasteiger charge is 2.23. The predicted octanol–water partition coefficient (Wildman–Crippen LogP) is 1.04. The summed E-state index contributed by atoms with van der Waals surface area (Å²) in [5.41, 5.74) is 0.167. The first kappa shape index (κ1) is 12.5. The maximum atomic E-state index is 12.0. The van der Waals surface area contributed by atoms with Crippen molar-refractivity contribution in [3.05, 3.63) is 35.0 Å². The van der Waals surface area contributed by atoms with Gasteiger partial charge in [0.05, 0.1) is 18.1 Å². The third-order valence-corrected chi connectivity index (χ3v) is 4.38. The molecular weight excluding hydrogens is 278 g/mol. The highest BCUT2D eigenvalue weighted by Crippen LogP contribution is 2.23. The number of rotatable bonds is 4. The van der Waals surface area contributed by atoms with Gasteiger partial charge in [-0.3, -0.25) is 4.72 Å². The normalized spacial score (nSPS) is 11.1. The van der Waals surface area contributed by atoms with Gasteiger partial charge in [-0.15, -0.1) is 11.3 Å². The summed E-state index contributed by atoms with van der Waals surface area (Å²) in [6.07, 6.45) is 3.81. The van der Waals surface area contributed by atoms with Crippen molar-refractivity contribution >= 4 is 33.0 Å². The van der Waals surface area contributed by atoms with E-state index < -0.39 is 16.0 Å². The molecule has 2 rings (SSSR count). The van der Waals surface area contributed by atoms with Crippen LogP contribution in [0, 0.1) is 0 Å². The standard InChI is InChI=1S/C9H7N3O4S2/c13-9(14)8-7(1-2-17-8)18(15,16)12-6-3-10-5-11-4-6/h1-5,12H,(H,13,14). The van der Waals surface area contributed by atoms with E-state index in [1.165, 1.54) is 30.2 Å². The topological polar surface area (TPSA) is 109 Å². The maximum absolute atomic E-state index is 12.0. The molecule has 0 fully saturated rings. The van der Waals surface area contributed by atoms with Crippen molar-refractivity contribution in [1.29, 1.82) is 0 Å². The van der Waals surface area contributed by atoms with E-state index >= 15 is 0 Å². The molecule has 0 aliphatic carbocycles. The van der Waals surface area contributed by atoms with Gasteiger partial charge in [-0.25, -0.2) is 23.2 Å². The molecule has 0 aliphatic rings. The number of hydrogen-bond donors (Lipinski definition) is 2. The lowest BCUT2D eigenvalue weighted by Crippen LogP contribution is -2.15. The van der Waals surface area contributed by atoms with Crippen LogP contribution < -0.4 is 4.72 Å². The first-order valence-electron chi connectivity index (χ1n) is 4.59. The zero-order chi connectivity index (χ0) is 13.2. The summed E-state index contributed by atoms with van der Waals surface area (Å²) in [6, 6.07) is 1.24. The van der Waals surface area contributed by atoms with E-state index in [1.807, 2.05) is 0 Å². The van der Waals surface area contributed by atoms with Crippen LogP contribution in [0.25, 0.3) is 0 Å². The van der Waals surface area contributed by atoms with E-state index in [-0.39, 0.29) is 15.5 Å². The molecule has 0 saturated heterocycles. The zero-order valence-corrected chi connectivity index (χ0v) is 10.4. The molecule has 2 N–H and O–H groups in total. The summed E-state index contributed by atoms with van der Waals surface area (Å²) >= 11 is 0.845. The smallest absolute Gasteiger partial charge is 0.347 e. The van der Waals surface area contributed by atoms with E-state index in [2.05, 4.69) is 14.7 Å². The second kappa shape index (κ2) is 4.70. The third-order valence-electron chi connectivity index (χ3n) is 1.93. The minimum absolute atomic E-state index is 0.167. The SMILES string of the molecule is O=C(O)c1sccc1S(=O)(=O)Nc1cncnc1. The van der Waals surface area contributed by atoms with Gasteiger partial charge in [0.1, 0.15) is 16.1 Å². The van der Waals surface area contributed by atoms with Gasteiger partial charge in [0, 0.05) is 0 Å². The summed E-state index contributed by atoms with van der Waals surface area (Å²) in [4.78, 5) is 17.7. The fourth-order valence-electron chi connectivity index (χ4n) is 1.23. The summed E-state index contributed by atoms with van der Waals surface area (Å²) in [6.45, 7) is 0. The largest absolute Gasteiger partial charge is 0.477 e. The van der Waals surface area contributed by atoms with Gasteiger partial charge in [0.15, 0.2) is 0 Å². The molecule has 7 nitrogen and oxygen atoms in total. The molecule has 0 radical (unpaired) electrons. The highest BCUT2D eigenvalue weighted by molar-refractivity contribution is 7.93. The van der Waals surface area contributed by atoms with Crippen molar-refractivity contribution in [2.24, 2.45) is 0 Å². The molecule has 0 atom stereocenters. The summed E-state index contributed by atoms with van der Waals surface area (Å²) in [7, 11) is -3.95. The Balaban J connectivity index is 2.37. The van der Waals surface area contributed by atoms with Crippen LogP contribution in [0.4, 0.5) is 5.69 Å². The van der Waals surface area contributed by atoms with Gasteiger partial charge in [0.25, 0.3) is 10.0 Å². The Kier molecular flexibility index (Phi) is 3.26. The lowest BCUT2D eigenvalue weighted by atomic mass is 10.5. The van der Waals surface area contributed by atoms with Crippen molar-refractivity contribution in [2.75, 3.05) is 4.72 Å². The lowest BCUT2D eigenvalue weighted by molar-refractivity contribution is 0.0698. The molecule has 0 spiro atoms. The molecule has 94 valence electrons. The number of thiophene rings is 1. The summed E-state index contributed by atoms with van der Waals surface area (Å²) in [5, 5.41) is 10.3. The van der Waals surface area contributed by atoms with Crippen molar-refractivity contribution in [3.63, 3.8) is 0 Å². The van der Waals surface area contributed by atoms with Crippen LogP contribution in [-0.2, 0) is 10.0 Å². The number of carbonyl (C=O) groups is 1.